The van der Waals surface area contributed by atoms with Crippen molar-refractivity contribution in [2.75, 3.05) is 0 Å². The average Bonchev–Trinajstić information content (AvgIpc) is 2.91. The number of esters is 1. The Morgan fingerprint density at radius 3 is 2.26 bits per heavy atom. The predicted molar refractivity (Wildman–Crippen MR) is 104 cm³/mol. The third kappa shape index (κ3) is 4.26. The highest BCUT2D eigenvalue weighted by Crippen LogP contribution is 2.23. The van der Waals surface area contributed by atoms with Crippen LogP contribution < -0.4 is 4.74 Å². The molecule has 6 heteroatoms. The quantitative estimate of drug-likeness (QED) is 0.367. The maximum atomic E-state index is 12.6. The van der Waals surface area contributed by atoms with E-state index in [0.717, 1.165) is 5.56 Å². The molecule has 0 bridgehead atoms. The third-order valence-electron chi connectivity index (χ3n) is 4.19. The summed E-state index contributed by atoms with van der Waals surface area (Å²) < 4.78 is 6.97. The van der Waals surface area contributed by atoms with Gasteiger partial charge in [-0.1, -0.05) is 41.4 Å². The second kappa shape index (κ2) is 7.76. The second-order valence-corrected chi connectivity index (χ2v) is 6.72. The van der Waals surface area contributed by atoms with Gasteiger partial charge in [0.15, 0.2) is 5.78 Å². The Morgan fingerprint density at radius 2 is 1.67 bits per heavy atom. The van der Waals surface area contributed by atoms with Gasteiger partial charge in [0.2, 0.25) is 0 Å². The van der Waals surface area contributed by atoms with Crippen LogP contribution in [-0.4, -0.2) is 21.5 Å². The molecule has 27 heavy (non-hydrogen) atoms. The van der Waals surface area contributed by atoms with Crippen LogP contribution in [0.15, 0.2) is 48.5 Å². The smallest absolute Gasteiger partial charge is 0.348 e. The van der Waals surface area contributed by atoms with Crippen molar-refractivity contribution < 1.29 is 14.3 Å². The van der Waals surface area contributed by atoms with Crippen LogP contribution in [-0.2, 0) is 6.54 Å². The van der Waals surface area contributed by atoms with Gasteiger partial charge in [0.05, 0.1) is 12.2 Å². The highest BCUT2D eigenvalue weighted by Gasteiger charge is 2.22. The van der Waals surface area contributed by atoms with E-state index in [1.165, 1.54) is 12.5 Å². The SMILES string of the molecule is CC(=O)c1ccc(OC(=O)c2c(C)nn(Cc3ccc(C)cc3)c2Cl)cc1. The van der Waals surface area contributed by atoms with Crippen LogP contribution in [0.4, 0.5) is 0 Å². The van der Waals surface area contributed by atoms with Crippen molar-refractivity contribution in [2.24, 2.45) is 0 Å². The molecule has 0 aliphatic rings. The first-order valence-corrected chi connectivity index (χ1v) is 8.84. The number of aryl methyl sites for hydroxylation is 2. The number of halogens is 1. The number of rotatable bonds is 5. The van der Waals surface area contributed by atoms with Crippen LogP contribution in [0.1, 0.15) is 44.5 Å². The van der Waals surface area contributed by atoms with Crippen molar-refractivity contribution in [1.82, 2.24) is 9.78 Å². The number of ether oxygens (including phenoxy) is 1. The molecule has 3 rings (SSSR count). The van der Waals surface area contributed by atoms with Crippen molar-refractivity contribution >= 4 is 23.4 Å². The van der Waals surface area contributed by atoms with Gasteiger partial charge in [0.25, 0.3) is 0 Å². The van der Waals surface area contributed by atoms with E-state index in [9.17, 15) is 9.59 Å². The van der Waals surface area contributed by atoms with E-state index in [-0.39, 0.29) is 16.5 Å². The van der Waals surface area contributed by atoms with Crippen molar-refractivity contribution in [2.45, 2.75) is 27.3 Å². The van der Waals surface area contributed by atoms with Crippen LogP contribution in [0, 0.1) is 13.8 Å². The zero-order chi connectivity index (χ0) is 19.6. The lowest BCUT2D eigenvalue weighted by Gasteiger charge is -2.06. The highest BCUT2D eigenvalue weighted by molar-refractivity contribution is 6.32. The van der Waals surface area contributed by atoms with E-state index in [1.807, 2.05) is 31.2 Å². The van der Waals surface area contributed by atoms with Crippen molar-refractivity contribution in [3.8, 4) is 5.75 Å². The highest BCUT2D eigenvalue weighted by atomic mass is 35.5. The molecule has 3 aromatic rings. The maximum Gasteiger partial charge on any atom is 0.348 e. The summed E-state index contributed by atoms with van der Waals surface area (Å²) in [6.45, 7) is 5.67. The number of benzene rings is 2. The summed E-state index contributed by atoms with van der Waals surface area (Å²) in [5, 5.41) is 4.60. The van der Waals surface area contributed by atoms with Crippen molar-refractivity contribution in [3.05, 3.63) is 81.6 Å². The Bertz CT molecular complexity index is 990. The second-order valence-electron chi connectivity index (χ2n) is 6.36. The van der Waals surface area contributed by atoms with E-state index >= 15 is 0 Å². The molecule has 0 spiro atoms. The molecule has 138 valence electrons. The van der Waals surface area contributed by atoms with Gasteiger partial charge in [0, 0.05) is 5.56 Å². The number of carbonyl (C=O) groups is 2. The lowest BCUT2D eigenvalue weighted by molar-refractivity contribution is 0.0734. The summed E-state index contributed by atoms with van der Waals surface area (Å²) in [6.07, 6.45) is 0. The van der Waals surface area contributed by atoms with Gasteiger partial charge >= 0.3 is 5.97 Å². The Balaban J connectivity index is 1.79. The summed E-state index contributed by atoms with van der Waals surface area (Å²) in [4.78, 5) is 23.9. The summed E-state index contributed by atoms with van der Waals surface area (Å²) in [5.74, 6) is -0.292. The number of nitrogens with zero attached hydrogens (tertiary/aromatic N) is 2. The molecule has 0 unspecified atom stereocenters. The van der Waals surface area contributed by atoms with Crippen LogP contribution in [0.25, 0.3) is 0 Å². The Kier molecular flexibility index (Phi) is 5.42. The minimum absolute atomic E-state index is 0.0517. The van der Waals surface area contributed by atoms with E-state index in [4.69, 9.17) is 16.3 Å². The van der Waals surface area contributed by atoms with Crippen LogP contribution in [0.5, 0.6) is 5.75 Å². The molecule has 0 saturated carbocycles. The summed E-state index contributed by atoms with van der Waals surface area (Å²) in [5.41, 5.74) is 3.48. The molecular weight excluding hydrogens is 364 g/mol. The fourth-order valence-electron chi connectivity index (χ4n) is 2.67. The molecule has 0 aliphatic carbocycles. The third-order valence-corrected chi connectivity index (χ3v) is 4.58. The normalized spacial score (nSPS) is 10.7. The zero-order valence-corrected chi connectivity index (χ0v) is 16.1. The molecule has 0 saturated heterocycles. The number of aromatic nitrogens is 2. The standard InChI is InChI=1S/C21H19ClN2O3/c1-13-4-6-16(7-5-13)12-24-20(22)19(14(2)23-24)21(26)27-18-10-8-17(9-11-18)15(3)25/h4-11H,12H2,1-3H3. The number of ketones is 1. The minimum atomic E-state index is -0.580. The molecule has 0 atom stereocenters. The molecule has 0 amide bonds. The van der Waals surface area contributed by atoms with Crippen molar-refractivity contribution in [1.29, 1.82) is 0 Å². The van der Waals surface area contributed by atoms with Gasteiger partial charge < -0.3 is 4.74 Å². The predicted octanol–water partition coefficient (Wildman–Crippen LogP) is 4.62. The fourth-order valence-corrected chi connectivity index (χ4v) is 2.98. The number of carbonyl (C=O) groups excluding carboxylic acids is 2. The molecule has 5 nitrogen and oxygen atoms in total. The largest absolute Gasteiger partial charge is 0.423 e. The Hall–Kier alpha value is -2.92. The van der Waals surface area contributed by atoms with Gasteiger partial charge in [-0.25, -0.2) is 9.48 Å². The van der Waals surface area contributed by atoms with Crippen LogP contribution in [0.2, 0.25) is 5.15 Å². The number of hydrogen-bond donors (Lipinski definition) is 0. The lowest BCUT2D eigenvalue weighted by atomic mass is 10.1. The lowest BCUT2D eigenvalue weighted by Crippen LogP contribution is -2.10. The molecule has 0 N–H and O–H groups in total. The van der Waals surface area contributed by atoms with Gasteiger partial charge in [-0.3, -0.25) is 4.79 Å². The van der Waals surface area contributed by atoms with E-state index in [0.29, 0.717) is 23.6 Å². The Morgan fingerprint density at radius 1 is 1.04 bits per heavy atom. The summed E-state index contributed by atoms with van der Waals surface area (Å²) >= 11 is 6.39. The maximum absolute atomic E-state index is 12.6. The molecule has 2 aromatic carbocycles. The molecule has 1 heterocycles. The summed E-state index contributed by atoms with van der Waals surface area (Å²) in [6, 6.07) is 14.4. The molecule has 0 radical (unpaired) electrons. The minimum Gasteiger partial charge on any atom is -0.423 e. The zero-order valence-electron chi connectivity index (χ0n) is 15.3. The average molecular weight is 383 g/mol. The van der Waals surface area contributed by atoms with Crippen LogP contribution in [0.3, 0.4) is 0 Å². The Labute approximate surface area is 162 Å². The first-order valence-electron chi connectivity index (χ1n) is 8.47. The molecule has 0 aliphatic heterocycles. The van der Waals surface area contributed by atoms with Gasteiger partial charge in [-0.15, -0.1) is 0 Å². The molecule has 1 aromatic heterocycles. The molecular formula is C21H19ClN2O3. The number of hydrogen-bond acceptors (Lipinski definition) is 4. The number of Topliss-reactive ketones (excluding diaryl/α,β-unsaturated/α-hetero) is 1. The van der Waals surface area contributed by atoms with E-state index in [1.54, 1.807) is 35.9 Å². The monoisotopic (exact) mass is 382 g/mol. The topological polar surface area (TPSA) is 61.2 Å². The summed E-state index contributed by atoms with van der Waals surface area (Å²) in [7, 11) is 0. The fraction of sp³-hybridized carbons (Fsp3) is 0.190. The van der Waals surface area contributed by atoms with Gasteiger partial charge in [-0.05, 0) is 50.6 Å². The first kappa shape index (κ1) is 18.9. The van der Waals surface area contributed by atoms with Crippen LogP contribution >= 0.6 is 11.6 Å². The van der Waals surface area contributed by atoms with Gasteiger partial charge in [-0.2, -0.15) is 5.10 Å². The first-order chi connectivity index (χ1) is 12.8. The van der Waals surface area contributed by atoms with E-state index in [2.05, 4.69) is 5.10 Å². The van der Waals surface area contributed by atoms with E-state index < -0.39 is 5.97 Å². The molecule has 0 fully saturated rings. The van der Waals surface area contributed by atoms with Gasteiger partial charge in [0.1, 0.15) is 16.5 Å². The van der Waals surface area contributed by atoms with Crippen molar-refractivity contribution in [3.63, 3.8) is 0 Å².